The topological polar surface area (TPSA) is 107 Å². The van der Waals surface area contributed by atoms with Crippen molar-refractivity contribution in [2.45, 2.75) is 24.7 Å². The molecule has 8 nitrogen and oxygen atoms in total. The summed E-state index contributed by atoms with van der Waals surface area (Å²) in [5.74, 6) is 0.368. The van der Waals surface area contributed by atoms with Gasteiger partial charge in [0.15, 0.2) is 11.5 Å². The van der Waals surface area contributed by atoms with Crippen molar-refractivity contribution in [1.29, 1.82) is 0 Å². The van der Waals surface area contributed by atoms with Gasteiger partial charge in [0.05, 0.1) is 35.2 Å². The highest BCUT2D eigenvalue weighted by atomic mass is 32.2. The Kier molecular flexibility index (Phi) is 5.21. The highest BCUT2D eigenvalue weighted by molar-refractivity contribution is 7.89. The maximum atomic E-state index is 12.3. The summed E-state index contributed by atoms with van der Waals surface area (Å²) < 4.78 is 35.6. The number of rotatable bonds is 5. The van der Waals surface area contributed by atoms with Gasteiger partial charge in [-0.15, -0.1) is 16.2 Å². The number of nitrogens with zero attached hydrogens (tertiary/aromatic N) is 1. The first-order valence-electron chi connectivity index (χ1n) is 7.55. The molecule has 0 saturated heterocycles. The van der Waals surface area contributed by atoms with E-state index in [2.05, 4.69) is 15.2 Å². The summed E-state index contributed by atoms with van der Waals surface area (Å²) in [4.78, 5) is 18.1. The van der Waals surface area contributed by atoms with Gasteiger partial charge in [-0.2, -0.15) is 0 Å². The van der Waals surface area contributed by atoms with Gasteiger partial charge in [0.1, 0.15) is 0 Å². The Bertz CT molecular complexity index is 879. The van der Waals surface area contributed by atoms with Crippen molar-refractivity contribution >= 4 is 27.3 Å². The SMILES string of the molecule is Cc1nc(CC(=O)NNS(=O)(=O)c2ccc3c(c2)OCCCO3)cs1. The first kappa shape index (κ1) is 17.6. The molecule has 0 radical (unpaired) electrons. The number of thiazole rings is 1. The van der Waals surface area contributed by atoms with Crippen LogP contribution in [0.5, 0.6) is 11.5 Å². The molecule has 0 bridgehead atoms. The van der Waals surface area contributed by atoms with Crippen LogP contribution in [0.4, 0.5) is 0 Å². The first-order chi connectivity index (χ1) is 11.9. The Morgan fingerprint density at radius 2 is 2.04 bits per heavy atom. The highest BCUT2D eigenvalue weighted by Crippen LogP contribution is 2.31. The number of hydrogen-bond acceptors (Lipinski definition) is 7. The van der Waals surface area contributed by atoms with Gasteiger partial charge < -0.3 is 9.47 Å². The predicted molar refractivity (Wildman–Crippen MR) is 91.1 cm³/mol. The van der Waals surface area contributed by atoms with Crippen molar-refractivity contribution in [1.82, 2.24) is 15.2 Å². The van der Waals surface area contributed by atoms with E-state index in [1.54, 1.807) is 5.38 Å². The van der Waals surface area contributed by atoms with Crippen molar-refractivity contribution in [3.8, 4) is 11.5 Å². The van der Waals surface area contributed by atoms with Gasteiger partial charge in [-0.1, -0.05) is 0 Å². The highest BCUT2D eigenvalue weighted by Gasteiger charge is 2.19. The predicted octanol–water partition coefficient (Wildman–Crippen LogP) is 1.17. The molecule has 1 aliphatic rings. The fourth-order valence-electron chi connectivity index (χ4n) is 2.19. The lowest BCUT2D eigenvalue weighted by molar-refractivity contribution is -0.120. The van der Waals surface area contributed by atoms with Crippen LogP contribution in [0, 0.1) is 6.92 Å². The van der Waals surface area contributed by atoms with Crippen LogP contribution in [0.15, 0.2) is 28.5 Å². The number of hydrogen-bond donors (Lipinski definition) is 2. The van der Waals surface area contributed by atoms with Crippen molar-refractivity contribution in [3.05, 3.63) is 34.3 Å². The maximum Gasteiger partial charge on any atom is 0.257 e. The zero-order valence-electron chi connectivity index (χ0n) is 13.4. The number of nitrogens with one attached hydrogen (secondary N) is 2. The standard InChI is InChI=1S/C15H17N3O5S2/c1-10-16-11(9-24-10)7-15(19)17-18-25(20,21)12-3-4-13-14(8-12)23-6-2-5-22-13/h3-4,8-9,18H,2,5-7H2,1H3,(H,17,19). The number of ether oxygens (including phenoxy) is 2. The Balaban J connectivity index is 1.65. The van der Waals surface area contributed by atoms with Crippen LogP contribution in [-0.4, -0.2) is 32.5 Å². The van der Waals surface area contributed by atoms with Gasteiger partial charge in [0.25, 0.3) is 10.0 Å². The summed E-state index contributed by atoms with van der Waals surface area (Å²) in [7, 11) is -3.92. The third-order valence-electron chi connectivity index (χ3n) is 3.36. The lowest BCUT2D eigenvalue weighted by Crippen LogP contribution is -2.42. The number of carbonyl (C=O) groups is 1. The molecule has 2 heterocycles. The smallest absolute Gasteiger partial charge is 0.257 e. The Morgan fingerprint density at radius 1 is 1.28 bits per heavy atom. The normalized spacial score (nSPS) is 14.0. The molecule has 0 spiro atoms. The number of aryl methyl sites for hydroxylation is 1. The molecule has 2 N–H and O–H groups in total. The molecular weight excluding hydrogens is 366 g/mol. The molecule has 25 heavy (non-hydrogen) atoms. The lowest BCUT2D eigenvalue weighted by Gasteiger charge is -2.11. The summed E-state index contributed by atoms with van der Waals surface area (Å²) >= 11 is 1.43. The van der Waals surface area contributed by atoms with Crippen LogP contribution in [0.25, 0.3) is 0 Å². The number of fused-ring (bicyclic) bond motifs is 1. The number of amides is 1. The molecule has 10 heteroatoms. The molecule has 1 aromatic heterocycles. The second kappa shape index (κ2) is 7.38. The van der Waals surface area contributed by atoms with E-state index >= 15 is 0 Å². The van der Waals surface area contributed by atoms with Crippen molar-refractivity contribution in [3.63, 3.8) is 0 Å². The van der Waals surface area contributed by atoms with Gasteiger partial charge >= 0.3 is 0 Å². The molecular formula is C15H17N3O5S2. The Labute approximate surface area is 149 Å². The van der Waals surface area contributed by atoms with Crippen molar-refractivity contribution in [2.75, 3.05) is 13.2 Å². The van der Waals surface area contributed by atoms with E-state index in [-0.39, 0.29) is 11.3 Å². The van der Waals surface area contributed by atoms with E-state index < -0.39 is 15.9 Å². The number of hydrazine groups is 1. The molecule has 3 rings (SSSR count). The molecule has 2 aromatic rings. The minimum atomic E-state index is -3.92. The molecule has 0 fully saturated rings. The summed E-state index contributed by atoms with van der Waals surface area (Å²) in [5.41, 5.74) is 2.78. The van der Waals surface area contributed by atoms with Crippen molar-refractivity contribution < 1.29 is 22.7 Å². The molecule has 0 atom stereocenters. The first-order valence-corrected chi connectivity index (χ1v) is 9.91. The van der Waals surface area contributed by atoms with E-state index in [0.29, 0.717) is 30.4 Å². The Hall–Kier alpha value is -2.17. The fraction of sp³-hybridized carbons (Fsp3) is 0.333. The van der Waals surface area contributed by atoms with Gasteiger partial charge in [-0.25, -0.2) is 13.4 Å². The van der Waals surface area contributed by atoms with E-state index in [0.717, 1.165) is 11.4 Å². The number of benzene rings is 1. The van der Waals surface area contributed by atoms with E-state index in [9.17, 15) is 13.2 Å². The van der Waals surface area contributed by atoms with Crippen LogP contribution < -0.4 is 19.7 Å². The molecule has 1 aliphatic heterocycles. The monoisotopic (exact) mass is 383 g/mol. The zero-order chi connectivity index (χ0) is 17.9. The average molecular weight is 383 g/mol. The maximum absolute atomic E-state index is 12.3. The van der Waals surface area contributed by atoms with Gasteiger partial charge in [-0.3, -0.25) is 10.2 Å². The second-order valence-electron chi connectivity index (χ2n) is 5.35. The van der Waals surface area contributed by atoms with Crippen LogP contribution in [0.3, 0.4) is 0 Å². The minimum Gasteiger partial charge on any atom is -0.490 e. The number of aromatic nitrogens is 1. The van der Waals surface area contributed by atoms with Crippen LogP contribution >= 0.6 is 11.3 Å². The largest absolute Gasteiger partial charge is 0.490 e. The molecule has 134 valence electrons. The van der Waals surface area contributed by atoms with Crippen LogP contribution in [0.1, 0.15) is 17.1 Å². The summed E-state index contributed by atoms with van der Waals surface area (Å²) in [5, 5.41) is 2.60. The van der Waals surface area contributed by atoms with E-state index in [1.807, 2.05) is 6.92 Å². The summed E-state index contributed by atoms with van der Waals surface area (Å²) in [6, 6.07) is 4.31. The molecule has 0 saturated carbocycles. The third-order valence-corrected chi connectivity index (χ3v) is 5.43. The van der Waals surface area contributed by atoms with Gasteiger partial charge in [0, 0.05) is 17.9 Å². The minimum absolute atomic E-state index is 0.00595. The average Bonchev–Trinajstić information content (AvgIpc) is 2.84. The molecule has 0 aliphatic carbocycles. The lowest BCUT2D eigenvalue weighted by atomic mass is 10.3. The van der Waals surface area contributed by atoms with Crippen LogP contribution in [-0.2, 0) is 21.2 Å². The number of carbonyl (C=O) groups excluding carboxylic acids is 1. The van der Waals surface area contributed by atoms with Gasteiger partial charge in [-0.05, 0) is 19.1 Å². The molecule has 0 unspecified atom stereocenters. The zero-order valence-corrected chi connectivity index (χ0v) is 15.1. The fourth-order valence-corrected chi connectivity index (χ4v) is 3.68. The number of sulfonamides is 1. The molecule has 1 aromatic carbocycles. The summed E-state index contributed by atoms with van der Waals surface area (Å²) in [6.45, 7) is 2.80. The second-order valence-corrected chi connectivity index (χ2v) is 8.09. The quantitative estimate of drug-likeness (QED) is 0.751. The van der Waals surface area contributed by atoms with Crippen LogP contribution in [0.2, 0.25) is 0 Å². The van der Waals surface area contributed by atoms with E-state index in [4.69, 9.17) is 9.47 Å². The van der Waals surface area contributed by atoms with Gasteiger partial charge in [0.2, 0.25) is 5.91 Å². The van der Waals surface area contributed by atoms with Crippen molar-refractivity contribution in [2.24, 2.45) is 0 Å². The van der Waals surface area contributed by atoms with E-state index in [1.165, 1.54) is 29.5 Å². The Morgan fingerprint density at radius 3 is 2.76 bits per heavy atom. The molecule has 1 amide bonds. The third kappa shape index (κ3) is 4.47. The summed E-state index contributed by atoms with van der Waals surface area (Å²) in [6.07, 6.45) is 0.717.